The maximum Gasteiger partial charge on any atom is 0.244 e. The number of aromatic amines is 1. The minimum atomic E-state index is -0.242. The molecule has 0 unspecified atom stereocenters. The number of aromatic nitrogens is 3. The molecule has 0 atom stereocenters. The Labute approximate surface area is 138 Å². The van der Waals surface area contributed by atoms with Crippen molar-refractivity contribution in [3.63, 3.8) is 0 Å². The average molecular weight is 324 g/mol. The van der Waals surface area contributed by atoms with Crippen molar-refractivity contribution in [2.45, 2.75) is 6.54 Å². The van der Waals surface area contributed by atoms with Gasteiger partial charge in [-0.15, -0.1) is 0 Å². The van der Waals surface area contributed by atoms with E-state index in [0.29, 0.717) is 17.4 Å². The van der Waals surface area contributed by atoms with Crippen molar-refractivity contribution in [3.05, 3.63) is 60.3 Å². The second kappa shape index (κ2) is 7.28. The van der Waals surface area contributed by atoms with Gasteiger partial charge in [0.25, 0.3) is 0 Å². The highest BCUT2D eigenvalue weighted by Gasteiger charge is 2.07. The summed E-state index contributed by atoms with van der Waals surface area (Å²) in [7, 11) is 1.61. The Hall–Kier alpha value is -3.35. The Morgan fingerprint density at radius 1 is 1.33 bits per heavy atom. The van der Waals surface area contributed by atoms with Gasteiger partial charge in [0.05, 0.1) is 19.9 Å². The number of nitrogens with zero attached hydrogens (tertiary/aromatic N) is 2. The minimum Gasteiger partial charge on any atom is -0.497 e. The van der Waals surface area contributed by atoms with Crippen LogP contribution in [0.5, 0.6) is 5.75 Å². The first kappa shape index (κ1) is 15.5. The van der Waals surface area contributed by atoms with E-state index >= 15 is 0 Å². The molecule has 0 fully saturated rings. The first-order valence-electron chi connectivity index (χ1n) is 7.30. The van der Waals surface area contributed by atoms with Crippen LogP contribution in [0.15, 0.2) is 53.2 Å². The highest BCUT2D eigenvalue weighted by Crippen LogP contribution is 2.18. The molecule has 0 aliphatic heterocycles. The summed E-state index contributed by atoms with van der Waals surface area (Å²) in [6.45, 7) is 0.254. The summed E-state index contributed by atoms with van der Waals surface area (Å²) in [5.74, 6) is 2.28. The molecule has 7 nitrogen and oxygen atoms in total. The van der Waals surface area contributed by atoms with Crippen LogP contribution in [0.3, 0.4) is 0 Å². The van der Waals surface area contributed by atoms with Crippen molar-refractivity contribution in [2.24, 2.45) is 0 Å². The molecule has 24 heavy (non-hydrogen) atoms. The molecular formula is C17H16N4O3. The Morgan fingerprint density at radius 3 is 2.88 bits per heavy atom. The van der Waals surface area contributed by atoms with Crippen LogP contribution >= 0.6 is 0 Å². The van der Waals surface area contributed by atoms with Crippen LogP contribution in [0.25, 0.3) is 17.5 Å². The first-order chi connectivity index (χ1) is 11.7. The minimum absolute atomic E-state index is 0.242. The van der Waals surface area contributed by atoms with E-state index in [4.69, 9.17) is 9.15 Å². The average Bonchev–Trinajstić information content (AvgIpc) is 3.30. The molecule has 122 valence electrons. The standard InChI is InChI=1S/C17H16N4O3/c1-23-13-6-4-12(5-7-13)17-19-15(20-21-17)11-18-16(22)9-8-14-3-2-10-24-14/h2-10H,11H2,1H3,(H,18,22)(H,19,20,21). The molecule has 3 rings (SSSR count). The van der Waals surface area contributed by atoms with Gasteiger partial charge in [0.1, 0.15) is 17.3 Å². The van der Waals surface area contributed by atoms with Gasteiger partial charge >= 0.3 is 0 Å². The van der Waals surface area contributed by atoms with Gasteiger partial charge in [-0.3, -0.25) is 9.89 Å². The summed E-state index contributed by atoms with van der Waals surface area (Å²) < 4.78 is 10.2. The van der Waals surface area contributed by atoms with Crippen molar-refractivity contribution in [1.82, 2.24) is 20.5 Å². The Kier molecular flexibility index (Phi) is 4.71. The van der Waals surface area contributed by atoms with E-state index in [2.05, 4.69) is 20.5 Å². The highest BCUT2D eigenvalue weighted by molar-refractivity contribution is 5.91. The number of ether oxygens (including phenoxy) is 1. The molecular weight excluding hydrogens is 308 g/mol. The number of methoxy groups -OCH3 is 1. The van der Waals surface area contributed by atoms with Gasteiger partial charge in [-0.25, -0.2) is 4.98 Å². The molecule has 1 aromatic carbocycles. The van der Waals surface area contributed by atoms with E-state index in [-0.39, 0.29) is 12.5 Å². The largest absolute Gasteiger partial charge is 0.497 e. The van der Waals surface area contributed by atoms with E-state index in [1.807, 2.05) is 24.3 Å². The zero-order valence-electron chi connectivity index (χ0n) is 13.0. The number of nitrogens with one attached hydrogen (secondary N) is 2. The SMILES string of the molecule is COc1ccc(-c2n[nH]c(CNC(=O)C=Cc3ccco3)n2)cc1. The summed E-state index contributed by atoms with van der Waals surface area (Å²) in [4.78, 5) is 16.1. The fourth-order valence-corrected chi connectivity index (χ4v) is 2.02. The van der Waals surface area contributed by atoms with E-state index in [0.717, 1.165) is 11.3 Å². The number of carbonyl (C=O) groups is 1. The molecule has 2 N–H and O–H groups in total. The number of furan rings is 1. The monoisotopic (exact) mass is 324 g/mol. The number of hydrogen-bond donors (Lipinski definition) is 2. The lowest BCUT2D eigenvalue weighted by atomic mass is 10.2. The number of hydrogen-bond acceptors (Lipinski definition) is 5. The molecule has 0 aliphatic carbocycles. The molecule has 2 heterocycles. The summed E-state index contributed by atoms with van der Waals surface area (Å²) >= 11 is 0. The first-order valence-corrected chi connectivity index (χ1v) is 7.30. The second-order valence-corrected chi connectivity index (χ2v) is 4.90. The van der Waals surface area contributed by atoms with Gasteiger partial charge in [-0.1, -0.05) is 0 Å². The van der Waals surface area contributed by atoms with Crippen LogP contribution < -0.4 is 10.1 Å². The van der Waals surface area contributed by atoms with E-state index < -0.39 is 0 Å². The molecule has 0 aliphatic rings. The van der Waals surface area contributed by atoms with Crippen LogP contribution in [0, 0.1) is 0 Å². The lowest BCUT2D eigenvalue weighted by Crippen LogP contribution is -2.20. The predicted octanol–water partition coefficient (Wildman–Crippen LogP) is 2.40. The number of amides is 1. The maximum absolute atomic E-state index is 11.7. The van der Waals surface area contributed by atoms with Crippen molar-refractivity contribution in [2.75, 3.05) is 7.11 Å². The molecule has 0 saturated heterocycles. The number of benzene rings is 1. The van der Waals surface area contributed by atoms with Crippen LogP contribution in [0.4, 0.5) is 0 Å². The van der Waals surface area contributed by atoms with Crippen molar-refractivity contribution >= 4 is 12.0 Å². The van der Waals surface area contributed by atoms with Crippen LogP contribution in [-0.4, -0.2) is 28.2 Å². The summed E-state index contributed by atoms with van der Waals surface area (Å²) in [5, 5.41) is 9.68. The molecule has 1 amide bonds. The lowest BCUT2D eigenvalue weighted by molar-refractivity contribution is -0.116. The topological polar surface area (TPSA) is 93.0 Å². The predicted molar refractivity (Wildman–Crippen MR) is 88.0 cm³/mol. The highest BCUT2D eigenvalue weighted by atomic mass is 16.5. The van der Waals surface area contributed by atoms with Crippen molar-refractivity contribution in [1.29, 1.82) is 0 Å². The molecule has 3 aromatic rings. The van der Waals surface area contributed by atoms with Gasteiger partial charge < -0.3 is 14.5 Å². The van der Waals surface area contributed by atoms with Crippen LogP contribution in [0.1, 0.15) is 11.6 Å². The normalized spacial score (nSPS) is 10.9. The summed E-state index contributed by atoms with van der Waals surface area (Å²) in [6, 6.07) is 10.9. The molecule has 0 radical (unpaired) electrons. The molecule has 0 spiro atoms. The van der Waals surface area contributed by atoms with Gasteiger partial charge in [-0.2, -0.15) is 5.10 Å². The van der Waals surface area contributed by atoms with Gasteiger partial charge in [0.2, 0.25) is 5.91 Å². The van der Waals surface area contributed by atoms with Gasteiger partial charge in [0.15, 0.2) is 5.82 Å². The summed E-state index contributed by atoms with van der Waals surface area (Å²) in [5.41, 5.74) is 0.863. The Morgan fingerprint density at radius 2 is 2.17 bits per heavy atom. The van der Waals surface area contributed by atoms with Crippen molar-refractivity contribution in [3.8, 4) is 17.1 Å². The van der Waals surface area contributed by atoms with Crippen molar-refractivity contribution < 1.29 is 13.9 Å². The van der Waals surface area contributed by atoms with E-state index in [9.17, 15) is 4.79 Å². The van der Waals surface area contributed by atoms with Gasteiger partial charge in [0, 0.05) is 11.6 Å². The Balaban J connectivity index is 1.56. The fraction of sp³-hybridized carbons (Fsp3) is 0.118. The smallest absolute Gasteiger partial charge is 0.244 e. The third kappa shape index (κ3) is 3.89. The number of H-pyrrole nitrogens is 1. The number of carbonyl (C=O) groups excluding carboxylic acids is 1. The second-order valence-electron chi connectivity index (χ2n) is 4.90. The zero-order valence-corrected chi connectivity index (χ0v) is 13.0. The molecule has 7 heteroatoms. The lowest BCUT2D eigenvalue weighted by Gasteiger charge is -1.99. The molecule has 2 aromatic heterocycles. The fourth-order valence-electron chi connectivity index (χ4n) is 2.02. The van der Waals surface area contributed by atoms with Gasteiger partial charge in [-0.05, 0) is 42.5 Å². The zero-order chi connectivity index (χ0) is 16.8. The Bertz CT molecular complexity index is 820. The third-order valence-corrected chi connectivity index (χ3v) is 3.25. The molecule has 0 saturated carbocycles. The quantitative estimate of drug-likeness (QED) is 0.679. The van der Waals surface area contributed by atoms with E-state index in [1.54, 1.807) is 31.6 Å². The van der Waals surface area contributed by atoms with E-state index in [1.165, 1.54) is 6.08 Å². The number of rotatable bonds is 6. The third-order valence-electron chi connectivity index (χ3n) is 3.25. The van der Waals surface area contributed by atoms with Crippen LogP contribution in [0.2, 0.25) is 0 Å². The molecule has 0 bridgehead atoms. The summed E-state index contributed by atoms with van der Waals surface area (Å²) in [6.07, 6.45) is 4.55. The maximum atomic E-state index is 11.7. The van der Waals surface area contributed by atoms with Crippen LogP contribution in [-0.2, 0) is 11.3 Å².